The number of aromatic amines is 1. The average Bonchev–Trinajstić information content (AvgIpc) is 3.08. The van der Waals surface area contributed by atoms with Gasteiger partial charge in [0.2, 0.25) is 5.91 Å². The largest absolute Gasteiger partial charge is 0.355 e. The van der Waals surface area contributed by atoms with Crippen LogP contribution in [0.2, 0.25) is 0 Å². The smallest absolute Gasteiger partial charge is 0.232 e. The lowest BCUT2D eigenvalue weighted by atomic mass is 10.0. The van der Waals surface area contributed by atoms with Gasteiger partial charge in [0.15, 0.2) is 5.76 Å². The molecule has 0 atom stereocenters. The van der Waals surface area contributed by atoms with E-state index in [1.165, 1.54) is 0 Å². The summed E-state index contributed by atoms with van der Waals surface area (Å²) in [6.07, 6.45) is 1.57. The lowest BCUT2D eigenvalue weighted by Crippen LogP contribution is -2.34. The Morgan fingerprint density at radius 3 is 2.92 bits per heavy atom. The van der Waals surface area contributed by atoms with Crippen LogP contribution < -0.4 is 5.32 Å². The fraction of sp³-hybridized carbons (Fsp3) is 0.211. The third kappa shape index (κ3) is 2.52. The Labute approximate surface area is 153 Å². The Morgan fingerprint density at radius 1 is 1.27 bits per heavy atom. The molecule has 6 nitrogen and oxygen atoms in total. The number of para-hydroxylation sites is 2. The molecule has 1 fully saturated rings. The van der Waals surface area contributed by atoms with E-state index >= 15 is 0 Å². The standard InChI is InChI=1S/C19H16N4O2S/c24-18(20-11-17-21-12-4-1-2-5-13(12)22-17)19(7-8-19)16-10-14(25-23-16)15-6-3-9-26-15/h1-6,9-10H,7-8,11H2,(H,20,24)(H,21,22). The third-order valence-corrected chi connectivity index (χ3v) is 5.69. The molecule has 4 aromatic rings. The molecule has 7 heteroatoms. The number of carbonyl (C=O) groups is 1. The van der Waals surface area contributed by atoms with E-state index in [1.54, 1.807) is 11.3 Å². The normalized spacial score (nSPS) is 15.2. The predicted octanol–water partition coefficient (Wildman–Crippen LogP) is 3.63. The minimum absolute atomic E-state index is 0.0241. The molecule has 0 aliphatic heterocycles. The van der Waals surface area contributed by atoms with E-state index in [9.17, 15) is 4.79 Å². The number of aromatic nitrogens is 3. The molecular formula is C19H16N4O2S. The molecule has 2 N–H and O–H groups in total. The summed E-state index contributed by atoms with van der Waals surface area (Å²) < 4.78 is 5.45. The van der Waals surface area contributed by atoms with Crippen molar-refractivity contribution in [3.8, 4) is 10.6 Å². The van der Waals surface area contributed by atoms with Crippen molar-refractivity contribution >= 4 is 28.3 Å². The molecular weight excluding hydrogens is 348 g/mol. The van der Waals surface area contributed by atoms with Gasteiger partial charge in [0, 0.05) is 6.07 Å². The quantitative estimate of drug-likeness (QED) is 0.566. The predicted molar refractivity (Wildman–Crippen MR) is 98.7 cm³/mol. The Balaban J connectivity index is 1.32. The minimum Gasteiger partial charge on any atom is -0.355 e. The maximum atomic E-state index is 12.8. The average molecular weight is 364 g/mol. The van der Waals surface area contributed by atoms with Gasteiger partial charge in [-0.15, -0.1) is 11.3 Å². The van der Waals surface area contributed by atoms with Gasteiger partial charge >= 0.3 is 0 Å². The number of fused-ring (bicyclic) bond motifs is 1. The van der Waals surface area contributed by atoms with E-state index in [1.807, 2.05) is 47.8 Å². The van der Waals surface area contributed by atoms with Crippen LogP contribution in [0.5, 0.6) is 0 Å². The number of amides is 1. The molecule has 5 rings (SSSR count). The van der Waals surface area contributed by atoms with Crippen LogP contribution in [0.25, 0.3) is 21.7 Å². The molecule has 0 saturated heterocycles. The number of benzene rings is 1. The molecule has 0 unspecified atom stereocenters. The molecule has 0 spiro atoms. The van der Waals surface area contributed by atoms with Crippen LogP contribution in [0.1, 0.15) is 24.4 Å². The summed E-state index contributed by atoms with van der Waals surface area (Å²) in [5.74, 6) is 1.44. The minimum atomic E-state index is -0.564. The van der Waals surface area contributed by atoms with Crippen molar-refractivity contribution in [1.82, 2.24) is 20.4 Å². The second-order valence-corrected chi connectivity index (χ2v) is 7.47. The second-order valence-electron chi connectivity index (χ2n) is 6.52. The van der Waals surface area contributed by atoms with Crippen LogP contribution >= 0.6 is 11.3 Å². The zero-order valence-electron chi connectivity index (χ0n) is 13.9. The fourth-order valence-corrected chi connectivity index (χ4v) is 3.86. The van der Waals surface area contributed by atoms with Crippen molar-refractivity contribution in [3.63, 3.8) is 0 Å². The number of H-pyrrole nitrogens is 1. The van der Waals surface area contributed by atoms with Gasteiger partial charge in [-0.1, -0.05) is 23.4 Å². The van der Waals surface area contributed by atoms with Crippen molar-refractivity contribution in [3.05, 3.63) is 59.4 Å². The summed E-state index contributed by atoms with van der Waals surface area (Å²) >= 11 is 1.59. The van der Waals surface area contributed by atoms with Crippen molar-refractivity contribution in [1.29, 1.82) is 0 Å². The van der Waals surface area contributed by atoms with Crippen LogP contribution in [0.3, 0.4) is 0 Å². The highest BCUT2D eigenvalue weighted by molar-refractivity contribution is 7.13. The van der Waals surface area contributed by atoms with E-state index in [2.05, 4.69) is 20.4 Å². The van der Waals surface area contributed by atoms with Crippen molar-refractivity contribution in [2.24, 2.45) is 0 Å². The Morgan fingerprint density at radius 2 is 2.15 bits per heavy atom. The molecule has 1 aliphatic carbocycles. The lowest BCUT2D eigenvalue weighted by Gasteiger charge is -2.11. The maximum Gasteiger partial charge on any atom is 0.232 e. The van der Waals surface area contributed by atoms with Gasteiger partial charge in [0.25, 0.3) is 0 Å². The zero-order chi connectivity index (χ0) is 17.6. The molecule has 1 aliphatic rings. The van der Waals surface area contributed by atoms with Crippen molar-refractivity contribution in [2.75, 3.05) is 0 Å². The van der Waals surface area contributed by atoms with Crippen LogP contribution in [0.4, 0.5) is 0 Å². The molecule has 1 amide bonds. The monoisotopic (exact) mass is 364 g/mol. The lowest BCUT2D eigenvalue weighted by molar-refractivity contribution is -0.123. The summed E-state index contributed by atoms with van der Waals surface area (Å²) in [5.41, 5.74) is 2.01. The van der Waals surface area contributed by atoms with Crippen molar-refractivity contribution in [2.45, 2.75) is 24.8 Å². The summed E-state index contributed by atoms with van der Waals surface area (Å²) in [5, 5.41) is 9.15. The topological polar surface area (TPSA) is 83.8 Å². The van der Waals surface area contributed by atoms with E-state index in [-0.39, 0.29) is 5.91 Å². The van der Waals surface area contributed by atoms with Crippen LogP contribution in [-0.4, -0.2) is 21.0 Å². The van der Waals surface area contributed by atoms with Gasteiger partial charge < -0.3 is 14.8 Å². The highest BCUT2D eigenvalue weighted by Gasteiger charge is 2.53. The first-order valence-electron chi connectivity index (χ1n) is 8.48. The molecule has 1 aromatic carbocycles. The number of nitrogens with one attached hydrogen (secondary N) is 2. The van der Waals surface area contributed by atoms with Gasteiger partial charge in [0.1, 0.15) is 5.82 Å². The molecule has 130 valence electrons. The number of thiophene rings is 1. The van der Waals surface area contributed by atoms with Gasteiger partial charge in [-0.2, -0.15) is 0 Å². The number of imidazole rings is 1. The highest BCUT2D eigenvalue weighted by atomic mass is 32.1. The molecule has 0 bridgehead atoms. The van der Waals surface area contributed by atoms with Gasteiger partial charge in [-0.3, -0.25) is 4.79 Å². The summed E-state index contributed by atoms with van der Waals surface area (Å²) in [6.45, 7) is 0.366. The second kappa shape index (κ2) is 5.81. The number of rotatable bonds is 5. The third-order valence-electron chi connectivity index (χ3n) is 4.80. The SMILES string of the molecule is O=C(NCc1nc2ccccc2[nH]1)C1(c2cc(-c3cccs3)on2)CC1. The summed E-state index contributed by atoms with van der Waals surface area (Å²) in [4.78, 5) is 21.5. The molecule has 1 saturated carbocycles. The molecule has 3 aromatic heterocycles. The first-order valence-corrected chi connectivity index (χ1v) is 9.36. The maximum absolute atomic E-state index is 12.8. The van der Waals surface area contributed by atoms with Crippen molar-refractivity contribution < 1.29 is 9.32 Å². The number of carbonyl (C=O) groups excluding carboxylic acids is 1. The van der Waals surface area contributed by atoms with Crippen LogP contribution in [0.15, 0.2) is 52.4 Å². The highest BCUT2D eigenvalue weighted by Crippen LogP contribution is 2.48. The summed E-state index contributed by atoms with van der Waals surface area (Å²) in [6, 6.07) is 13.7. The van der Waals surface area contributed by atoms with Crippen LogP contribution in [0, 0.1) is 0 Å². The van der Waals surface area contributed by atoms with Gasteiger partial charge in [-0.05, 0) is 36.4 Å². The molecule has 26 heavy (non-hydrogen) atoms. The fourth-order valence-electron chi connectivity index (χ4n) is 3.18. The molecule has 0 radical (unpaired) electrons. The van der Waals surface area contributed by atoms with E-state index in [0.29, 0.717) is 18.0 Å². The van der Waals surface area contributed by atoms with Gasteiger partial charge in [0.05, 0.1) is 33.6 Å². The van der Waals surface area contributed by atoms with Crippen LogP contribution in [-0.2, 0) is 16.8 Å². The first kappa shape index (κ1) is 15.3. The molecule has 3 heterocycles. The number of hydrogen-bond acceptors (Lipinski definition) is 5. The first-order chi connectivity index (χ1) is 12.7. The van der Waals surface area contributed by atoms with E-state index in [0.717, 1.165) is 34.6 Å². The van der Waals surface area contributed by atoms with E-state index in [4.69, 9.17) is 4.52 Å². The number of hydrogen-bond donors (Lipinski definition) is 2. The van der Waals surface area contributed by atoms with E-state index < -0.39 is 5.41 Å². The number of nitrogens with zero attached hydrogens (tertiary/aromatic N) is 2. The van der Waals surface area contributed by atoms with Gasteiger partial charge in [-0.25, -0.2) is 4.98 Å². The zero-order valence-corrected chi connectivity index (χ0v) is 14.7. The summed E-state index contributed by atoms with van der Waals surface area (Å²) in [7, 11) is 0. The Kier molecular flexibility index (Phi) is 3.43. The Bertz CT molecular complexity index is 1040. The Hall–Kier alpha value is -2.93.